The first kappa shape index (κ1) is 38.0. The molecule has 0 heterocycles. The Kier molecular flexibility index (Phi) is 12.1. The smallest absolute Gasteiger partial charge is 0.119 e. The molecule has 0 aliphatic heterocycles. The summed E-state index contributed by atoms with van der Waals surface area (Å²) in [5.74, 6) is 3.10. The maximum absolute atomic E-state index is 11.3. The fourth-order valence-electron chi connectivity index (χ4n) is 11.3. The van der Waals surface area contributed by atoms with Gasteiger partial charge in [0.25, 0.3) is 0 Å². The minimum atomic E-state index is -0.00486. The summed E-state index contributed by atoms with van der Waals surface area (Å²) in [6.45, 7) is 0. The first-order chi connectivity index (χ1) is 26.9. The Morgan fingerprint density at radius 2 is 0.545 bits per heavy atom. The fourth-order valence-corrected chi connectivity index (χ4v) is 11.3. The second-order valence-electron chi connectivity index (χ2n) is 18.0. The van der Waals surface area contributed by atoms with Gasteiger partial charge in [-0.1, -0.05) is 126 Å². The van der Waals surface area contributed by atoms with Gasteiger partial charge in [0.1, 0.15) is 23.0 Å². The Hall–Kier alpha value is -3.92. The van der Waals surface area contributed by atoms with Crippen molar-refractivity contribution in [3.8, 4) is 23.0 Å². The van der Waals surface area contributed by atoms with E-state index in [1.54, 1.807) is 0 Å². The monoisotopic (exact) mass is 740 g/mol. The van der Waals surface area contributed by atoms with Gasteiger partial charge in [-0.2, -0.15) is 0 Å². The molecule has 4 N–H and O–H groups in total. The molecule has 4 aliphatic carbocycles. The van der Waals surface area contributed by atoms with Gasteiger partial charge in [-0.05, 0) is 150 Å². The largest absolute Gasteiger partial charge is 0.508 e. The lowest BCUT2D eigenvalue weighted by molar-refractivity contribution is 0.412. The molecule has 0 saturated heterocycles. The van der Waals surface area contributed by atoms with Crippen molar-refractivity contribution in [1.82, 2.24) is 0 Å². The molecular formula is C51H64O4. The predicted octanol–water partition coefficient (Wildman–Crippen LogP) is 14.1. The first-order valence-corrected chi connectivity index (χ1v) is 22.2. The SMILES string of the molecule is Oc1ccc(C(CC(c2ccc(O)c(C3CCCCC3)c2)c2ccc(O)c(C3CCCCC3)c2)c2ccc(O)c(C3CCCCC3)c2)cc1C1CCCCC1. The van der Waals surface area contributed by atoms with E-state index in [0.29, 0.717) is 46.7 Å². The fraction of sp³-hybridized carbons (Fsp3) is 0.529. The number of aromatic hydroxyl groups is 4. The first-order valence-electron chi connectivity index (χ1n) is 22.2. The number of rotatable bonds is 10. The average Bonchev–Trinajstić information content (AvgIpc) is 3.24. The van der Waals surface area contributed by atoms with Crippen molar-refractivity contribution in [2.45, 2.75) is 170 Å². The third-order valence-corrected chi connectivity index (χ3v) is 14.5. The summed E-state index contributed by atoms with van der Waals surface area (Å²) in [5, 5.41) is 45.2. The van der Waals surface area contributed by atoms with Gasteiger partial charge in [0.2, 0.25) is 0 Å². The van der Waals surface area contributed by atoms with Gasteiger partial charge in [0.05, 0.1) is 0 Å². The number of benzene rings is 4. The summed E-state index contributed by atoms with van der Waals surface area (Å²) in [4.78, 5) is 0. The highest BCUT2D eigenvalue weighted by molar-refractivity contribution is 5.50. The lowest BCUT2D eigenvalue weighted by Crippen LogP contribution is -2.14. The highest BCUT2D eigenvalue weighted by Crippen LogP contribution is 2.48. The Labute approximate surface area is 330 Å². The van der Waals surface area contributed by atoms with Crippen LogP contribution >= 0.6 is 0 Å². The van der Waals surface area contributed by atoms with Crippen LogP contribution in [0.15, 0.2) is 72.8 Å². The molecule has 4 heteroatoms. The Morgan fingerprint density at radius 1 is 0.327 bits per heavy atom. The molecule has 4 aromatic rings. The minimum absolute atomic E-state index is 0.00486. The second kappa shape index (κ2) is 17.5. The zero-order valence-electron chi connectivity index (χ0n) is 33.0. The van der Waals surface area contributed by atoms with Crippen LogP contribution in [0.3, 0.4) is 0 Å². The quantitative estimate of drug-likeness (QED) is 0.130. The number of hydrogen-bond acceptors (Lipinski definition) is 4. The average molecular weight is 741 g/mol. The molecule has 55 heavy (non-hydrogen) atoms. The van der Waals surface area contributed by atoms with Crippen LogP contribution in [-0.2, 0) is 0 Å². The third-order valence-electron chi connectivity index (χ3n) is 14.5. The highest BCUT2D eigenvalue weighted by atomic mass is 16.3. The van der Waals surface area contributed by atoms with Crippen molar-refractivity contribution in [2.24, 2.45) is 0 Å². The van der Waals surface area contributed by atoms with E-state index in [9.17, 15) is 20.4 Å². The van der Waals surface area contributed by atoms with E-state index in [0.717, 1.165) is 80.0 Å². The summed E-state index contributed by atoms with van der Waals surface area (Å²) >= 11 is 0. The molecular weight excluding hydrogens is 677 g/mol. The molecule has 0 bridgehead atoms. The van der Waals surface area contributed by atoms with Gasteiger partial charge >= 0.3 is 0 Å². The molecule has 0 aromatic heterocycles. The Balaban J connectivity index is 1.27. The van der Waals surface area contributed by atoms with Crippen LogP contribution in [-0.4, -0.2) is 20.4 Å². The van der Waals surface area contributed by atoms with Crippen LogP contribution < -0.4 is 0 Å². The summed E-state index contributed by atoms with van der Waals surface area (Å²) < 4.78 is 0. The molecule has 4 aliphatic rings. The van der Waals surface area contributed by atoms with Gasteiger partial charge in [0.15, 0.2) is 0 Å². The van der Waals surface area contributed by atoms with Crippen molar-refractivity contribution in [3.05, 3.63) is 117 Å². The van der Waals surface area contributed by atoms with Crippen LogP contribution in [0.2, 0.25) is 0 Å². The van der Waals surface area contributed by atoms with E-state index < -0.39 is 0 Å². The van der Waals surface area contributed by atoms with Gasteiger partial charge in [-0.3, -0.25) is 0 Å². The zero-order chi connectivity index (χ0) is 37.7. The summed E-state index contributed by atoms with van der Waals surface area (Å²) in [7, 11) is 0. The topological polar surface area (TPSA) is 80.9 Å². The maximum Gasteiger partial charge on any atom is 0.119 e. The molecule has 4 fully saturated rings. The molecule has 0 radical (unpaired) electrons. The van der Waals surface area contributed by atoms with Gasteiger partial charge in [-0.15, -0.1) is 0 Å². The van der Waals surface area contributed by atoms with Crippen LogP contribution in [0.1, 0.15) is 215 Å². The number of phenols is 4. The van der Waals surface area contributed by atoms with Gasteiger partial charge < -0.3 is 20.4 Å². The van der Waals surface area contributed by atoms with Crippen molar-refractivity contribution < 1.29 is 20.4 Å². The summed E-state index contributed by atoms with van der Waals surface area (Å²) in [6, 6.07) is 25.6. The number of hydrogen-bond donors (Lipinski definition) is 4. The van der Waals surface area contributed by atoms with Crippen molar-refractivity contribution in [3.63, 3.8) is 0 Å². The summed E-state index contributed by atoms with van der Waals surface area (Å²) in [5.41, 5.74) is 9.17. The number of phenolic OH excluding ortho intramolecular Hbond substituents is 4. The normalized spacial score (nSPS) is 19.7. The van der Waals surface area contributed by atoms with Crippen LogP contribution in [0, 0.1) is 0 Å². The second-order valence-corrected chi connectivity index (χ2v) is 18.0. The van der Waals surface area contributed by atoms with Crippen molar-refractivity contribution >= 4 is 0 Å². The third kappa shape index (κ3) is 8.59. The standard InChI is InChI=1S/C51H64O4/c52-48-25-21-38(29-44(48)34-13-5-1-6-14-34)42(39-22-26-49(53)45(30-39)35-15-7-2-8-16-35)33-43(40-23-27-50(54)46(31-40)36-17-9-3-10-18-36)41-24-28-51(55)47(32-41)37-19-11-4-12-20-37/h21-32,34-37,42-43,52-55H,1-20,33H2. The van der Waals surface area contributed by atoms with Crippen LogP contribution in [0.5, 0.6) is 23.0 Å². The predicted molar refractivity (Wildman–Crippen MR) is 224 cm³/mol. The molecule has 0 spiro atoms. The maximum atomic E-state index is 11.3. The highest BCUT2D eigenvalue weighted by Gasteiger charge is 2.30. The summed E-state index contributed by atoms with van der Waals surface area (Å²) in [6.07, 6.45) is 24.4. The molecule has 4 saturated carbocycles. The van der Waals surface area contributed by atoms with Crippen LogP contribution in [0.25, 0.3) is 0 Å². The van der Waals surface area contributed by atoms with Crippen LogP contribution in [0.4, 0.5) is 0 Å². The minimum Gasteiger partial charge on any atom is -0.508 e. The van der Waals surface area contributed by atoms with E-state index in [1.807, 2.05) is 24.3 Å². The molecule has 0 atom stereocenters. The molecule has 0 unspecified atom stereocenters. The zero-order valence-corrected chi connectivity index (χ0v) is 33.0. The van der Waals surface area contributed by atoms with E-state index in [4.69, 9.17) is 0 Å². The molecule has 4 nitrogen and oxygen atoms in total. The van der Waals surface area contributed by atoms with E-state index >= 15 is 0 Å². The molecule has 0 amide bonds. The van der Waals surface area contributed by atoms with E-state index in [-0.39, 0.29) is 11.8 Å². The Morgan fingerprint density at radius 3 is 0.764 bits per heavy atom. The molecule has 4 aromatic carbocycles. The van der Waals surface area contributed by atoms with Crippen molar-refractivity contribution in [1.29, 1.82) is 0 Å². The van der Waals surface area contributed by atoms with Crippen molar-refractivity contribution in [2.75, 3.05) is 0 Å². The van der Waals surface area contributed by atoms with E-state index in [2.05, 4.69) is 48.5 Å². The lowest BCUT2D eigenvalue weighted by Gasteiger charge is -2.31. The van der Waals surface area contributed by atoms with Gasteiger partial charge in [0, 0.05) is 11.8 Å². The Bertz CT molecular complexity index is 1620. The van der Waals surface area contributed by atoms with Gasteiger partial charge in [-0.25, -0.2) is 0 Å². The van der Waals surface area contributed by atoms with E-state index in [1.165, 1.54) is 99.3 Å². The molecule has 8 rings (SSSR count). The lowest BCUT2D eigenvalue weighted by atomic mass is 9.74. The molecule has 292 valence electrons.